The molecule has 3 rings (SSSR count). The average molecular weight is 385 g/mol. The second-order valence-corrected chi connectivity index (χ2v) is 6.79. The maximum Gasteiger partial charge on any atom is 0.164 e. The number of halogens is 3. The number of benzene rings is 1. The Morgan fingerprint density at radius 2 is 2.05 bits per heavy atom. The number of aromatic nitrogens is 3. The molecule has 3 nitrogen and oxygen atoms in total. The molecule has 1 aromatic carbocycles. The minimum Gasteiger partial charge on any atom is -0.279 e. The standard InChI is InChI=1S/C15H12BrCl2N3/c1-8-5-13-15(19-7-8)21(14(20-13)9(2)17)10-3-4-12(18)11(16)6-10/h3-7,9H,1-2H3. The Hall–Kier alpha value is -1.10. The number of aryl methyl sites for hydroxylation is 1. The molecule has 0 saturated heterocycles. The van der Waals surface area contributed by atoms with E-state index in [2.05, 4.69) is 25.9 Å². The van der Waals surface area contributed by atoms with Crippen LogP contribution in [0.4, 0.5) is 0 Å². The molecule has 0 radical (unpaired) electrons. The Kier molecular flexibility index (Phi) is 3.95. The third kappa shape index (κ3) is 2.68. The van der Waals surface area contributed by atoms with Gasteiger partial charge in [0, 0.05) is 10.7 Å². The summed E-state index contributed by atoms with van der Waals surface area (Å²) >= 11 is 15.8. The monoisotopic (exact) mass is 383 g/mol. The van der Waals surface area contributed by atoms with E-state index in [0.717, 1.165) is 32.7 Å². The Labute approximate surface area is 141 Å². The first-order valence-corrected chi connectivity index (χ1v) is 8.02. The molecule has 1 atom stereocenters. The number of nitrogens with zero attached hydrogens (tertiary/aromatic N) is 3. The summed E-state index contributed by atoms with van der Waals surface area (Å²) in [6, 6.07) is 7.71. The number of rotatable bonds is 2. The average Bonchev–Trinajstić information content (AvgIpc) is 2.80. The van der Waals surface area contributed by atoms with Crippen LogP contribution in [0.2, 0.25) is 5.02 Å². The van der Waals surface area contributed by atoms with Crippen molar-refractivity contribution < 1.29 is 0 Å². The molecular weight excluding hydrogens is 373 g/mol. The normalized spacial score (nSPS) is 12.8. The van der Waals surface area contributed by atoms with Gasteiger partial charge in [-0.25, -0.2) is 9.97 Å². The van der Waals surface area contributed by atoms with E-state index in [4.69, 9.17) is 23.2 Å². The van der Waals surface area contributed by atoms with Crippen LogP contribution >= 0.6 is 39.1 Å². The second-order valence-electron chi connectivity index (χ2n) is 4.88. The fourth-order valence-corrected chi connectivity index (χ4v) is 2.86. The topological polar surface area (TPSA) is 30.7 Å². The highest BCUT2D eigenvalue weighted by Crippen LogP contribution is 2.31. The van der Waals surface area contributed by atoms with Crippen LogP contribution in [0.3, 0.4) is 0 Å². The quantitative estimate of drug-likeness (QED) is 0.550. The maximum absolute atomic E-state index is 6.29. The van der Waals surface area contributed by atoms with Crippen molar-refractivity contribution in [1.82, 2.24) is 14.5 Å². The zero-order valence-corrected chi connectivity index (χ0v) is 14.5. The minimum atomic E-state index is -0.228. The first-order valence-electron chi connectivity index (χ1n) is 6.42. The maximum atomic E-state index is 6.29. The Morgan fingerprint density at radius 1 is 1.29 bits per heavy atom. The lowest BCUT2D eigenvalue weighted by molar-refractivity contribution is 0.876. The lowest BCUT2D eigenvalue weighted by Gasteiger charge is -2.11. The van der Waals surface area contributed by atoms with Gasteiger partial charge in [0.1, 0.15) is 11.3 Å². The van der Waals surface area contributed by atoms with Crippen LogP contribution in [0, 0.1) is 6.92 Å². The zero-order chi connectivity index (χ0) is 15.1. The molecule has 1 unspecified atom stereocenters. The van der Waals surface area contributed by atoms with Crippen molar-refractivity contribution >= 4 is 50.3 Å². The minimum absolute atomic E-state index is 0.228. The van der Waals surface area contributed by atoms with Gasteiger partial charge in [-0.05, 0) is 59.6 Å². The third-order valence-electron chi connectivity index (χ3n) is 3.18. The van der Waals surface area contributed by atoms with Crippen molar-refractivity contribution in [3.05, 3.63) is 51.3 Å². The van der Waals surface area contributed by atoms with Crippen LogP contribution < -0.4 is 0 Å². The molecule has 0 amide bonds. The molecule has 0 saturated carbocycles. The first kappa shape index (κ1) is 14.8. The van der Waals surface area contributed by atoms with Crippen molar-refractivity contribution in [2.45, 2.75) is 19.2 Å². The molecule has 21 heavy (non-hydrogen) atoms. The molecule has 0 fully saturated rings. The molecular formula is C15H12BrCl2N3. The largest absolute Gasteiger partial charge is 0.279 e. The van der Waals surface area contributed by atoms with E-state index in [1.54, 1.807) is 0 Å². The second kappa shape index (κ2) is 5.59. The van der Waals surface area contributed by atoms with Crippen molar-refractivity contribution in [2.75, 3.05) is 0 Å². The summed E-state index contributed by atoms with van der Waals surface area (Å²) in [5.74, 6) is 0.763. The van der Waals surface area contributed by atoms with Gasteiger partial charge in [-0.3, -0.25) is 4.57 Å². The Morgan fingerprint density at radius 3 is 2.71 bits per heavy atom. The summed E-state index contributed by atoms with van der Waals surface area (Å²) in [6.07, 6.45) is 1.83. The molecule has 0 bridgehead atoms. The molecule has 108 valence electrons. The van der Waals surface area contributed by atoms with Gasteiger partial charge < -0.3 is 0 Å². The summed E-state index contributed by atoms with van der Waals surface area (Å²) in [7, 11) is 0. The Balaban J connectivity index is 2.33. The van der Waals surface area contributed by atoms with Gasteiger partial charge in [-0.1, -0.05) is 11.6 Å². The van der Waals surface area contributed by atoms with Crippen molar-refractivity contribution in [2.24, 2.45) is 0 Å². The SMILES string of the molecule is Cc1cnc2c(c1)nc(C(C)Cl)n2-c1ccc(Cl)c(Br)c1. The van der Waals surface area contributed by atoms with Crippen molar-refractivity contribution in [3.8, 4) is 5.69 Å². The van der Waals surface area contributed by atoms with Crippen LogP contribution in [-0.2, 0) is 0 Å². The number of imidazole rings is 1. The first-order chi connectivity index (χ1) is 9.97. The Bertz CT molecular complexity index is 827. The molecule has 0 aliphatic rings. The van der Waals surface area contributed by atoms with Gasteiger partial charge in [0.25, 0.3) is 0 Å². The van der Waals surface area contributed by atoms with E-state index in [1.807, 2.05) is 48.9 Å². The van der Waals surface area contributed by atoms with E-state index in [1.165, 1.54) is 0 Å². The van der Waals surface area contributed by atoms with Crippen molar-refractivity contribution in [1.29, 1.82) is 0 Å². The van der Waals surface area contributed by atoms with Crippen LogP contribution in [0.1, 0.15) is 23.7 Å². The van der Waals surface area contributed by atoms with Gasteiger partial charge in [0.2, 0.25) is 0 Å². The van der Waals surface area contributed by atoms with Crippen molar-refractivity contribution in [3.63, 3.8) is 0 Å². The predicted octanol–water partition coefficient (Wildman–Crippen LogP) is 5.44. The van der Waals surface area contributed by atoms with Gasteiger partial charge >= 0.3 is 0 Å². The zero-order valence-electron chi connectivity index (χ0n) is 11.4. The number of pyridine rings is 1. The summed E-state index contributed by atoms with van der Waals surface area (Å²) < 4.78 is 2.79. The van der Waals surface area contributed by atoms with E-state index in [-0.39, 0.29) is 5.38 Å². The number of hydrogen-bond acceptors (Lipinski definition) is 2. The van der Waals surface area contributed by atoms with Crippen LogP contribution in [0.5, 0.6) is 0 Å². The predicted molar refractivity (Wildman–Crippen MR) is 90.6 cm³/mol. The van der Waals surface area contributed by atoms with Gasteiger partial charge in [0.05, 0.1) is 16.1 Å². The molecule has 2 heterocycles. The van der Waals surface area contributed by atoms with Crippen LogP contribution in [0.25, 0.3) is 16.9 Å². The number of fused-ring (bicyclic) bond motifs is 1. The van der Waals surface area contributed by atoms with Gasteiger partial charge in [-0.2, -0.15) is 0 Å². The highest BCUT2D eigenvalue weighted by Gasteiger charge is 2.18. The van der Waals surface area contributed by atoms with E-state index >= 15 is 0 Å². The fraction of sp³-hybridized carbons (Fsp3) is 0.200. The highest BCUT2D eigenvalue weighted by atomic mass is 79.9. The van der Waals surface area contributed by atoms with Crippen LogP contribution in [0.15, 0.2) is 34.9 Å². The summed E-state index contributed by atoms with van der Waals surface area (Å²) in [5, 5.41) is 0.432. The molecule has 0 aliphatic carbocycles. The number of hydrogen-bond donors (Lipinski definition) is 0. The highest BCUT2D eigenvalue weighted by molar-refractivity contribution is 9.10. The third-order valence-corrected chi connectivity index (χ3v) is 4.59. The number of alkyl halides is 1. The lowest BCUT2D eigenvalue weighted by atomic mass is 10.3. The molecule has 0 aliphatic heterocycles. The van der Waals surface area contributed by atoms with Gasteiger partial charge in [-0.15, -0.1) is 11.6 Å². The molecule has 0 N–H and O–H groups in total. The smallest absolute Gasteiger partial charge is 0.164 e. The van der Waals surface area contributed by atoms with E-state index in [0.29, 0.717) is 5.02 Å². The van der Waals surface area contributed by atoms with E-state index in [9.17, 15) is 0 Å². The molecule has 2 aromatic heterocycles. The summed E-state index contributed by atoms with van der Waals surface area (Å²) in [4.78, 5) is 9.13. The summed E-state index contributed by atoms with van der Waals surface area (Å²) in [5.41, 5.74) is 3.62. The molecule has 6 heteroatoms. The molecule has 3 aromatic rings. The summed E-state index contributed by atoms with van der Waals surface area (Å²) in [6.45, 7) is 3.89. The van der Waals surface area contributed by atoms with Gasteiger partial charge in [0.15, 0.2) is 5.65 Å². The molecule has 0 spiro atoms. The van der Waals surface area contributed by atoms with E-state index < -0.39 is 0 Å². The lowest BCUT2D eigenvalue weighted by Crippen LogP contribution is -2.02. The fourth-order valence-electron chi connectivity index (χ4n) is 2.23. The van der Waals surface area contributed by atoms with Crippen LogP contribution in [-0.4, -0.2) is 14.5 Å².